The Morgan fingerprint density at radius 2 is 2.20 bits per heavy atom. The van der Waals surface area contributed by atoms with E-state index in [4.69, 9.17) is 0 Å². The lowest BCUT2D eigenvalue weighted by Crippen LogP contribution is -2.32. The molecule has 0 bridgehead atoms. The summed E-state index contributed by atoms with van der Waals surface area (Å²) in [6, 6.07) is 6.50. The highest BCUT2D eigenvalue weighted by Gasteiger charge is 2.40. The van der Waals surface area contributed by atoms with Crippen molar-refractivity contribution in [1.29, 1.82) is 0 Å². The molecule has 2 N–H and O–H groups in total. The van der Waals surface area contributed by atoms with Crippen LogP contribution in [0.3, 0.4) is 0 Å². The van der Waals surface area contributed by atoms with Crippen molar-refractivity contribution in [2.45, 2.75) is 38.2 Å². The van der Waals surface area contributed by atoms with Gasteiger partial charge in [-0.15, -0.1) is 0 Å². The van der Waals surface area contributed by atoms with Crippen molar-refractivity contribution < 1.29 is 27.1 Å². The summed E-state index contributed by atoms with van der Waals surface area (Å²) in [5.41, 5.74) is 1.04. The number of halogens is 4. The smallest absolute Gasteiger partial charge is 0.330 e. The van der Waals surface area contributed by atoms with Crippen molar-refractivity contribution in [2.75, 3.05) is 25.0 Å². The Hall–Kier alpha value is -1.67. The van der Waals surface area contributed by atoms with Gasteiger partial charge in [0.15, 0.2) is 0 Å². The van der Waals surface area contributed by atoms with E-state index in [0.717, 1.165) is 25.9 Å². The summed E-state index contributed by atoms with van der Waals surface area (Å²) < 4.78 is 54.3. The lowest BCUT2D eigenvalue weighted by Gasteiger charge is -2.15. The average molecular weight is 362 g/mol. The number of nitrogens with one attached hydrogen (secondary N) is 2. The molecule has 0 radical (unpaired) electrons. The number of rotatable bonds is 9. The third kappa shape index (κ3) is 6.62. The molecule has 1 saturated heterocycles. The van der Waals surface area contributed by atoms with Gasteiger partial charge in [0.2, 0.25) is 5.91 Å². The number of carbonyl (C=O) groups is 1. The minimum Gasteiger partial charge on any atom is -0.370 e. The molecular formula is C17H22F4N2O2. The van der Waals surface area contributed by atoms with Gasteiger partial charge in [-0.05, 0) is 49.5 Å². The summed E-state index contributed by atoms with van der Waals surface area (Å²) in [4.78, 5) is 12.0. The molecule has 1 amide bonds. The van der Waals surface area contributed by atoms with E-state index in [0.29, 0.717) is 23.6 Å². The summed E-state index contributed by atoms with van der Waals surface area (Å²) in [5.74, 6) is -3.77. The zero-order valence-corrected chi connectivity index (χ0v) is 13.7. The van der Waals surface area contributed by atoms with Crippen LogP contribution in [0.2, 0.25) is 0 Å². The molecule has 2 rings (SSSR count). The predicted octanol–water partition coefficient (Wildman–Crippen LogP) is 3.43. The minimum absolute atomic E-state index is 0.116. The van der Waals surface area contributed by atoms with Crippen molar-refractivity contribution in [1.82, 2.24) is 5.32 Å². The van der Waals surface area contributed by atoms with Crippen LogP contribution in [0.4, 0.5) is 23.2 Å². The van der Waals surface area contributed by atoms with Gasteiger partial charge in [-0.1, -0.05) is 12.1 Å². The lowest BCUT2D eigenvalue weighted by atomic mass is 10.0. The van der Waals surface area contributed by atoms with Gasteiger partial charge in [-0.2, -0.15) is 8.78 Å². The number of hydrogen-bond acceptors (Lipinski definition) is 3. The fourth-order valence-corrected chi connectivity index (χ4v) is 2.63. The monoisotopic (exact) mass is 362 g/mol. The van der Waals surface area contributed by atoms with Gasteiger partial charge >= 0.3 is 12.3 Å². The molecule has 25 heavy (non-hydrogen) atoms. The first-order valence-corrected chi connectivity index (χ1v) is 8.20. The molecule has 1 aliphatic rings. The molecule has 0 saturated carbocycles. The number of alkyl halides is 4. The molecule has 0 aliphatic carbocycles. The van der Waals surface area contributed by atoms with Gasteiger partial charge in [-0.3, -0.25) is 4.79 Å². The number of hydrogen-bond donors (Lipinski definition) is 2. The molecule has 1 atom stereocenters. The Morgan fingerprint density at radius 3 is 2.88 bits per heavy atom. The van der Waals surface area contributed by atoms with Gasteiger partial charge < -0.3 is 15.4 Å². The predicted molar refractivity (Wildman–Crippen MR) is 85.9 cm³/mol. The van der Waals surface area contributed by atoms with Crippen LogP contribution >= 0.6 is 0 Å². The van der Waals surface area contributed by atoms with Crippen molar-refractivity contribution >= 4 is 11.6 Å². The van der Waals surface area contributed by atoms with Crippen LogP contribution in [0.5, 0.6) is 0 Å². The van der Waals surface area contributed by atoms with Crippen LogP contribution in [0.15, 0.2) is 24.3 Å². The Labute approximate surface area is 143 Å². The first kappa shape index (κ1) is 19.7. The van der Waals surface area contributed by atoms with Crippen LogP contribution in [0.1, 0.15) is 24.8 Å². The first-order valence-electron chi connectivity index (χ1n) is 8.20. The van der Waals surface area contributed by atoms with E-state index >= 15 is 0 Å². The van der Waals surface area contributed by atoms with Crippen molar-refractivity contribution in [3.63, 3.8) is 0 Å². The second-order valence-electron chi connectivity index (χ2n) is 6.20. The van der Waals surface area contributed by atoms with Gasteiger partial charge in [0, 0.05) is 12.1 Å². The summed E-state index contributed by atoms with van der Waals surface area (Å²) in [7, 11) is 0. The highest BCUT2D eigenvalue weighted by Crippen LogP contribution is 2.23. The van der Waals surface area contributed by atoms with E-state index in [1.807, 2.05) is 0 Å². The van der Waals surface area contributed by atoms with E-state index in [-0.39, 0.29) is 12.5 Å². The Bertz CT molecular complexity index is 563. The lowest BCUT2D eigenvalue weighted by molar-refractivity contribution is -0.168. The van der Waals surface area contributed by atoms with Crippen LogP contribution in [-0.4, -0.2) is 38.0 Å². The second kappa shape index (κ2) is 9.15. The summed E-state index contributed by atoms with van der Waals surface area (Å²) in [6.07, 6.45) is -1.46. The normalized spacial score (nSPS) is 17.9. The Kier molecular flexibility index (Phi) is 7.19. The van der Waals surface area contributed by atoms with Crippen molar-refractivity contribution in [3.05, 3.63) is 29.8 Å². The van der Waals surface area contributed by atoms with Crippen LogP contribution in [0.25, 0.3) is 0 Å². The summed E-state index contributed by atoms with van der Waals surface area (Å²) in [6.45, 7) is 0.332. The standard InChI is InChI=1S/C17H22F4N2O2/c18-16(19)17(20,21)11-25-10-13-2-1-3-14(8-13)23-15(24)5-4-12-6-7-22-9-12/h1-3,8,12,16,22H,4-7,9-11H2,(H,23,24). The molecule has 140 valence electrons. The van der Waals surface area contributed by atoms with Crippen molar-refractivity contribution in [2.24, 2.45) is 5.92 Å². The number of carbonyl (C=O) groups excluding carboxylic acids is 1. The summed E-state index contributed by atoms with van der Waals surface area (Å²) in [5, 5.41) is 5.99. The van der Waals surface area contributed by atoms with E-state index < -0.39 is 19.0 Å². The first-order chi connectivity index (χ1) is 11.9. The maximum absolute atomic E-state index is 12.8. The second-order valence-corrected chi connectivity index (χ2v) is 6.20. The van der Waals surface area contributed by atoms with Gasteiger partial charge in [0.25, 0.3) is 0 Å². The fourth-order valence-electron chi connectivity index (χ4n) is 2.63. The van der Waals surface area contributed by atoms with E-state index in [9.17, 15) is 22.4 Å². The quantitative estimate of drug-likeness (QED) is 0.662. The largest absolute Gasteiger partial charge is 0.370 e. The fraction of sp³-hybridized carbons (Fsp3) is 0.588. The molecule has 1 heterocycles. The van der Waals surface area contributed by atoms with E-state index in [1.54, 1.807) is 24.3 Å². The molecule has 8 heteroatoms. The third-order valence-electron chi connectivity index (χ3n) is 4.04. The van der Waals surface area contributed by atoms with Crippen molar-refractivity contribution in [3.8, 4) is 0 Å². The van der Waals surface area contributed by atoms with Crippen LogP contribution in [0, 0.1) is 5.92 Å². The molecule has 1 aromatic carbocycles. The SMILES string of the molecule is O=C(CCC1CCNC1)Nc1cccc(COCC(F)(F)C(F)F)c1. The van der Waals surface area contributed by atoms with Crippen LogP contribution < -0.4 is 10.6 Å². The zero-order valence-electron chi connectivity index (χ0n) is 13.7. The average Bonchev–Trinajstić information content (AvgIpc) is 3.06. The number of ether oxygens (including phenoxy) is 1. The minimum atomic E-state index is -4.17. The third-order valence-corrected chi connectivity index (χ3v) is 4.04. The molecule has 1 aromatic rings. The van der Waals surface area contributed by atoms with E-state index in [1.165, 1.54) is 0 Å². The number of amides is 1. The number of benzene rings is 1. The highest BCUT2D eigenvalue weighted by atomic mass is 19.3. The Morgan fingerprint density at radius 1 is 1.40 bits per heavy atom. The molecule has 0 aromatic heterocycles. The van der Waals surface area contributed by atoms with Crippen LogP contribution in [-0.2, 0) is 16.1 Å². The molecule has 1 fully saturated rings. The topological polar surface area (TPSA) is 50.4 Å². The molecular weight excluding hydrogens is 340 g/mol. The zero-order chi connectivity index (χ0) is 18.3. The van der Waals surface area contributed by atoms with Gasteiger partial charge in [0.1, 0.15) is 6.61 Å². The molecule has 0 spiro atoms. The molecule has 1 unspecified atom stereocenters. The Balaban J connectivity index is 1.76. The maximum Gasteiger partial charge on any atom is 0.330 e. The molecule has 1 aliphatic heterocycles. The maximum atomic E-state index is 12.8. The number of anilines is 1. The van der Waals surface area contributed by atoms with Gasteiger partial charge in [-0.25, -0.2) is 8.78 Å². The molecule has 4 nitrogen and oxygen atoms in total. The summed E-state index contributed by atoms with van der Waals surface area (Å²) >= 11 is 0. The van der Waals surface area contributed by atoms with Gasteiger partial charge in [0.05, 0.1) is 6.61 Å². The van der Waals surface area contributed by atoms with E-state index in [2.05, 4.69) is 15.4 Å². The highest BCUT2D eigenvalue weighted by molar-refractivity contribution is 5.90.